The smallest absolute Gasteiger partial charge is 0.245 e. The van der Waals surface area contributed by atoms with Crippen LogP contribution in [-0.2, 0) is 16.6 Å². The Labute approximate surface area is 113 Å². The van der Waals surface area contributed by atoms with Crippen molar-refractivity contribution in [2.24, 2.45) is 0 Å². The maximum absolute atomic E-state index is 12.6. The van der Waals surface area contributed by atoms with Crippen molar-refractivity contribution in [1.29, 1.82) is 0 Å². The van der Waals surface area contributed by atoms with E-state index in [-0.39, 0.29) is 0 Å². The van der Waals surface area contributed by atoms with Crippen LogP contribution in [0.3, 0.4) is 0 Å². The van der Waals surface area contributed by atoms with Gasteiger partial charge in [-0.3, -0.25) is 0 Å². The third kappa shape index (κ3) is 1.65. The van der Waals surface area contributed by atoms with Gasteiger partial charge in [-0.25, -0.2) is 8.42 Å². The molecule has 0 aliphatic carbocycles. The van der Waals surface area contributed by atoms with Gasteiger partial charge in [-0.15, -0.1) is 0 Å². The highest BCUT2D eigenvalue weighted by atomic mass is 32.2. The third-order valence-corrected chi connectivity index (χ3v) is 5.49. The van der Waals surface area contributed by atoms with Crippen LogP contribution in [0.1, 0.15) is 5.56 Å². The molecule has 5 heteroatoms. The van der Waals surface area contributed by atoms with E-state index in [9.17, 15) is 8.42 Å². The largest absolute Gasteiger partial charge is 0.377 e. The Hall–Kier alpha value is -1.59. The van der Waals surface area contributed by atoms with Crippen molar-refractivity contribution >= 4 is 26.5 Å². The molecular formula is C14H16N2O2S. The van der Waals surface area contributed by atoms with E-state index in [1.165, 1.54) is 4.31 Å². The van der Waals surface area contributed by atoms with Crippen LogP contribution in [0.2, 0.25) is 0 Å². The lowest BCUT2D eigenvalue weighted by atomic mass is 10.0. The topological polar surface area (TPSA) is 40.6 Å². The molecule has 0 amide bonds. The maximum atomic E-state index is 12.6. The summed E-state index contributed by atoms with van der Waals surface area (Å²) in [5, 5.41) is 1.85. The summed E-state index contributed by atoms with van der Waals surface area (Å²) in [5.41, 5.74) is 1.81. The molecule has 1 aliphatic rings. The highest BCUT2D eigenvalue weighted by Crippen LogP contribution is 2.39. The minimum absolute atomic E-state index is 0.430. The van der Waals surface area contributed by atoms with Gasteiger partial charge in [-0.05, 0) is 17.0 Å². The van der Waals surface area contributed by atoms with Gasteiger partial charge in [0, 0.05) is 33.1 Å². The fourth-order valence-corrected chi connectivity index (χ4v) is 4.28. The van der Waals surface area contributed by atoms with Crippen molar-refractivity contribution in [3.05, 3.63) is 35.9 Å². The van der Waals surface area contributed by atoms with E-state index in [0.29, 0.717) is 11.4 Å². The molecule has 1 aliphatic heterocycles. The summed E-state index contributed by atoms with van der Waals surface area (Å²) in [7, 11) is 1.95. The normalized spacial score (nSPS) is 17.6. The van der Waals surface area contributed by atoms with Crippen LogP contribution in [0.4, 0.5) is 5.69 Å². The quantitative estimate of drug-likeness (QED) is 0.800. The van der Waals surface area contributed by atoms with Crippen molar-refractivity contribution in [1.82, 2.24) is 4.31 Å². The summed E-state index contributed by atoms with van der Waals surface area (Å²) >= 11 is 0. The molecule has 0 atom stereocenters. The number of hydrogen-bond acceptors (Lipinski definition) is 3. The van der Waals surface area contributed by atoms with Crippen LogP contribution in [-0.4, -0.2) is 33.9 Å². The highest BCUT2D eigenvalue weighted by Gasteiger charge is 2.32. The van der Waals surface area contributed by atoms with Gasteiger partial charge in [0.1, 0.15) is 4.90 Å². The van der Waals surface area contributed by atoms with E-state index in [0.717, 1.165) is 22.0 Å². The molecule has 0 bridgehead atoms. The van der Waals surface area contributed by atoms with Gasteiger partial charge >= 0.3 is 0 Å². The average Bonchev–Trinajstić information content (AvgIpc) is 2.36. The average molecular weight is 276 g/mol. The van der Waals surface area contributed by atoms with Crippen LogP contribution in [0, 0.1) is 0 Å². The Kier molecular flexibility index (Phi) is 2.59. The van der Waals surface area contributed by atoms with Crippen LogP contribution in [0.15, 0.2) is 35.2 Å². The van der Waals surface area contributed by atoms with Crippen molar-refractivity contribution < 1.29 is 8.42 Å². The number of benzene rings is 2. The van der Waals surface area contributed by atoms with Crippen molar-refractivity contribution in [2.75, 3.05) is 26.0 Å². The van der Waals surface area contributed by atoms with Gasteiger partial charge in [0.15, 0.2) is 0 Å². The first-order valence-corrected chi connectivity index (χ1v) is 7.55. The molecular weight excluding hydrogens is 260 g/mol. The molecule has 100 valence electrons. The lowest BCUT2D eigenvalue weighted by molar-refractivity contribution is 0.463. The van der Waals surface area contributed by atoms with E-state index in [1.807, 2.05) is 49.3 Å². The molecule has 0 saturated carbocycles. The summed E-state index contributed by atoms with van der Waals surface area (Å²) < 4.78 is 26.6. The van der Waals surface area contributed by atoms with Gasteiger partial charge in [0.2, 0.25) is 10.0 Å². The summed E-state index contributed by atoms with van der Waals surface area (Å²) in [6.45, 7) is 0.434. The van der Waals surface area contributed by atoms with Crippen LogP contribution < -0.4 is 4.90 Å². The fraction of sp³-hybridized carbons (Fsp3) is 0.286. The molecule has 1 heterocycles. The molecule has 0 saturated heterocycles. The zero-order chi connectivity index (χ0) is 13.8. The minimum atomic E-state index is -3.41. The van der Waals surface area contributed by atoms with E-state index in [1.54, 1.807) is 7.05 Å². The van der Waals surface area contributed by atoms with Gasteiger partial charge in [-0.2, -0.15) is 4.31 Å². The van der Waals surface area contributed by atoms with Gasteiger partial charge < -0.3 is 4.90 Å². The van der Waals surface area contributed by atoms with Crippen LogP contribution in [0.5, 0.6) is 0 Å². The van der Waals surface area contributed by atoms with Crippen molar-refractivity contribution in [3.8, 4) is 0 Å². The standard InChI is InChI=1S/C14H16N2O2S/c1-15(2)12-8-7-10-5-4-6-11-9-16(3)19(17,18)14(12)13(10)11/h4-8H,9H2,1-3H3. The molecule has 0 aromatic heterocycles. The Balaban J connectivity index is 2.54. The Morgan fingerprint density at radius 2 is 1.89 bits per heavy atom. The maximum Gasteiger partial charge on any atom is 0.245 e. The zero-order valence-electron chi connectivity index (χ0n) is 11.2. The third-order valence-electron chi connectivity index (χ3n) is 3.61. The minimum Gasteiger partial charge on any atom is -0.377 e. The summed E-state index contributed by atoms with van der Waals surface area (Å²) in [6, 6.07) is 9.79. The molecule has 0 radical (unpaired) electrons. The second-order valence-electron chi connectivity index (χ2n) is 5.08. The molecule has 0 unspecified atom stereocenters. The predicted molar refractivity (Wildman–Crippen MR) is 76.9 cm³/mol. The summed E-state index contributed by atoms with van der Waals surface area (Å²) in [5.74, 6) is 0. The first-order valence-electron chi connectivity index (χ1n) is 6.11. The lowest BCUT2D eigenvalue weighted by Crippen LogP contribution is -2.31. The van der Waals surface area contributed by atoms with Crippen molar-refractivity contribution in [3.63, 3.8) is 0 Å². The van der Waals surface area contributed by atoms with E-state index < -0.39 is 10.0 Å². The first-order chi connectivity index (χ1) is 8.93. The Morgan fingerprint density at radius 1 is 1.16 bits per heavy atom. The van der Waals surface area contributed by atoms with E-state index in [2.05, 4.69) is 0 Å². The Bertz CT molecular complexity index is 766. The van der Waals surface area contributed by atoms with Crippen LogP contribution in [0.25, 0.3) is 10.8 Å². The second-order valence-corrected chi connectivity index (χ2v) is 7.07. The summed E-state index contributed by atoms with van der Waals surface area (Å²) in [4.78, 5) is 2.28. The molecule has 0 fully saturated rings. The fourth-order valence-electron chi connectivity index (χ4n) is 2.63. The number of anilines is 1. The zero-order valence-corrected chi connectivity index (χ0v) is 12.0. The monoisotopic (exact) mass is 276 g/mol. The van der Waals surface area contributed by atoms with Crippen LogP contribution >= 0.6 is 0 Å². The molecule has 3 rings (SSSR count). The molecule has 2 aromatic carbocycles. The molecule has 4 nitrogen and oxygen atoms in total. The van der Waals surface area contributed by atoms with Gasteiger partial charge in [0.05, 0.1) is 5.69 Å². The number of rotatable bonds is 1. The first kappa shape index (κ1) is 12.4. The lowest BCUT2D eigenvalue weighted by Gasteiger charge is -2.29. The van der Waals surface area contributed by atoms with Crippen molar-refractivity contribution in [2.45, 2.75) is 11.4 Å². The van der Waals surface area contributed by atoms with E-state index in [4.69, 9.17) is 0 Å². The van der Waals surface area contributed by atoms with E-state index >= 15 is 0 Å². The highest BCUT2D eigenvalue weighted by molar-refractivity contribution is 7.89. The number of nitrogens with zero attached hydrogens (tertiary/aromatic N) is 2. The second kappa shape index (κ2) is 3.95. The Morgan fingerprint density at radius 3 is 2.58 bits per heavy atom. The predicted octanol–water partition coefficient (Wildman–Crippen LogP) is 2.04. The number of hydrogen-bond donors (Lipinski definition) is 0. The molecule has 2 aromatic rings. The molecule has 0 N–H and O–H groups in total. The van der Waals surface area contributed by atoms with Gasteiger partial charge in [0.25, 0.3) is 0 Å². The van der Waals surface area contributed by atoms with Gasteiger partial charge in [-0.1, -0.05) is 24.3 Å². The summed E-state index contributed by atoms with van der Waals surface area (Å²) in [6.07, 6.45) is 0. The molecule has 19 heavy (non-hydrogen) atoms. The molecule has 0 spiro atoms. The number of sulfonamides is 1. The SMILES string of the molecule is CN(C)c1ccc2cccc3c2c1S(=O)(=O)N(C)C3.